The highest BCUT2D eigenvalue weighted by atomic mass is 79.9. The molecule has 2 N–H and O–H groups in total. The van der Waals surface area contributed by atoms with Crippen LogP contribution < -0.4 is 20.2 Å². The molecule has 0 bridgehead atoms. The number of halogens is 2. The number of hydrogen-bond donors (Lipinski definition) is 2. The first-order valence-corrected chi connectivity index (χ1v) is 11.5. The largest absolute Gasteiger partial charge is 0.490 e. The number of hydrazone groups is 1. The minimum atomic E-state index is -0.425. The van der Waals surface area contributed by atoms with Gasteiger partial charge in [0.1, 0.15) is 6.61 Å². The quantitative estimate of drug-likeness (QED) is 0.239. The Kier molecular flexibility index (Phi) is 8.70. The molecular weight excluding hydrogens is 538 g/mol. The van der Waals surface area contributed by atoms with Gasteiger partial charge in [0.25, 0.3) is 0 Å². The van der Waals surface area contributed by atoms with E-state index in [-0.39, 0.29) is 0 Å². The zero-order chi connectivity index (χ0) is 22.9. The molecular formula is C24H23Br2N3O3. The molecule has 3 aromatic carbocycles. The molecule has 0 atom stereocenters. The Labute approximate surface area is 204 Å². The summed E-state index contributed by atoms with van der Waals surface area (Å²) >= 11 is 6.97. The van der Waals surface area contributed by atoms with Gasteiger partial charge in [-0.25, -0.2) is 10.2 Å². The SMILES string of the molecule is CCOc1cc(C=NNC(=O)Nc2ccccc2C)c(Br)cc1OCc1ccc(Br)cc1. The molecule has 0 aliphatic heterocycles. The number of benzene rings is 3. The number of urea groups is 1. The summed E-state index contributed by atoms with van der Waals surface area (Å²) in [4.78, 5) is 12.1. The summed E-state index contributed by atoms with van der Waals surface area (Å²) in [7, 11) is 0. The van der Waals surface area contributed by atoms with E-state index in [0.717, 1.165) is 31.3 Å². The third-order valence-electron chi connectivity index (χ3n) is 4.43. The second kappa shape index (κ2) is 11.7. The molecule has 0 aromatic heterocycles. The Hall–Kier alpha value is -2.84. The lowest BCUT2D eigenvalue weighted by Gasteiger charge is -2.14. The number of carbonyl (C=O) groups excluding carboxylic acids is 1. The van der Waals surface area contributed by atoms with Crippen LogP contribution in [0, 0.1) is 6.92 Å². The molecule has 0 radical (unpaired) electrons. The van der Waals surface area contributed by atoms with Gasteiger partial charge in [0.15, 0.2) is 11.5 Å². The van der Waals surface area contributed by atoms with Crippen LogP contribution in [-0.2, 0) is 6.61 Å². The van der Waals surface area contributed by atoms with Crippen molar-refractivity contribution in [3.8, 4) is 11.5 Å². The number of carbonyl (C=O) groups is 1. The molecule has 0 saturated carbocycles. The Balaban J connectivity index is 1.67. The predicted octanol–water partition coefficient (Wildman–Crippen LogP) is 6.65. The van der Waals surface area contributed by atoms with Crippen LogP contribution >= 0.6 is 31.9 Å². The number of aryl methyl sites for hydroxylation is 1. The van der Waals surface area contributed by atoms with Gasteiger partial charge in [-0.2, -0.15) is 5.10 Å². The van der Waals surface area contributed by atoms with E-state index in [0.29, 0.717) is 24.7 Å². The Morgan fingerprint density at radius 3 is 2.47 bits per heavy atom. The fraction of sp³-hybridized carbons (Fsp3) is 0.167. The molecule has 0 unspecified atom stereocenters. The highest BCUT2D eigenvalue weighted by Crippen LogP contribution is 2.34. The number of hydrogen-bond acceptors (Lipinski definition) is 4. The highest BCUT2D eigenvalue weighted by Gasteiger charge is 2.11. The Morgan fingerprint density at radius 1 is 1.03 bits per heavy atom. The molecule has 6 nitrogen and oxygen atoms in total. The zero-order valence-corrected chi connectivity index (χ0v) is 20.9. The van der Waals surface area contributed by atoms with Crippen molar-refractivity contribution >= 4 is 49.8 Å². The molecule has 2 amide bonds. The van der Waals surface area contributed by atoms with Crippen LogP contribution in [0.15, 0.2) is 74.7 Å². The smallest absolute Gasteiger partial charge is 0.339 e. The molecule has 0 fully saturated rings. The van der Waals surface area contributed by atoms with Crippen molar-refractivity contribution in [1.29, 1.82) is 0 Å². The second-order valence-corrected chi connectivity index (χ2v) is 8.58. The molecule has 0 aliphatic rings. The van der Waals surface area contributed by atoms with Crippen LogP contribution in [0.3, 0.4) is 0 Å². The highest BCUT2D eigenvalue weighted by molar-refractivity contribution is 9.10. The molecule has 166 valence electrons. The van der Waals surface area contributed by atoms with Crippen molar-refractivity contribution < 1.29 is 14.3 Å². The van der Waals surface area contributed by atoms with Crippen molar-refractivity contribution in [2.45, 2.75) is 20.5 Å². The minimum Gasteiger partial charge on any atom is -0.490 e. The normalized spacial score (nSPS) is 10.8. The maximum absolute atomic E-state index is 12.1. The van der Waals surface area contributed by atoms with Gasteiger partial charge in [0, 0.05) is 20.2 Å². The van der Waals surface area contributed by atoms with Gasteiger partial charge in [-0.15, -0.1) is 0 Å². The van der Waals surface area contributed by atoms with E-state index in [1.165, 1.54) is 0 Å². The van der Waals surface area contributed by atoms with Gasteiger partial charge in [0.05, 0.1) is 12.8 Å². The van der Waals surface area contributed by atoms with E-state index in [1.54, 1.807) is 6.21 Å². The van der Waals surface area contributed by atoms with Crippen LogP contribution in [0.2, 0.25) is 0 Å². The number of rotatable bonds is 8. The molecule has 0 spiro atoms. The first kappa shape index (κ1) is 23.8. The average Bonchev–Trinajstić information content (AvgIpc) is 2.77. The number of ether oxygens (including phenoxy) is 2. The molecule has 3 rings (SSSR count). The molecule has 0 aliphatic carbocycles. The summed E-state index contributed by atoms with van der Waals surface area (Å²) in [5, 5.41) is 6.81. The van der Waals surface area contributed by atoms with E-state index in [1.807, 2.05) is 74.5 Å². The lowest BCUT2D eigenvalue weighted by Crippen LogP contribution is -2.24. The van der Waals surface area contributed by atoms with Crippen molar-refractivity contribution in [2.75, 3.05) is 11.9 Å². The molecule has 32 heavy (non-hydrogen) atoms. The fourth-order valence-corrected chi connectivity index (χ4v) is 3.49. The van der Waals surface area contributed by atoms with Crippen LogP contribution in [-0.4, -0.2) is 18.9 Å². The van der Waals surface area contributed by atoms with Crippen LogP contribution in [0.25, 0.3) is 0 Å². The van der Waals surface area contributed by atoms with Crippen molar-refractivity contribution in [3.63, 3.8) is 0 Å². The van der Waals surface area contributed by atoms with Gasteiger partial charge in [-0.1, -0.05) is 46.3 Å². The van der Waals surface area contributed by atoms with E-state index >= 15 is 0 Å². The first-order chi connectivity index (χ1) is 15.5. The van der Waals surface area contributed by atoms with Crippen LogP contribution in [0.5, 0.6) is 11.5 Å². The van der Waals surface area contributed by atoms with Crippen molar-refractivity contribution in [1.82, 2.24) is 5.43 Å². The summed E-state index contributed by atoms with van der Waals surface area (Å²) in [5.74, 6) is 1.21. The van der Waals surface area contributed by atoms with Gasteiger partial charge in [0.2, 0.25) is 0 Å². The second-order valence-electron chi connectivity index (χ2n) is 6.81. The monoisotopic (exact) mass is 559 g/mol. The van der Waals surface area contributed by atoms with Gasteiger partial charge in [-0.3, -0.25) is 0 Å². The number of para-hydroxylation sites is 1. The first-order valence-electron chi connectivity index (χ1n) is 9.95. The molecule has 3 aromatic rings. The van der Waals surface area contributed by atoms with Crippen LogP contribution in [0.4, 0.5) is 10.5 Å². The van der Waals surface area contributed by atoms with Gasteiger partial charge < -0.3 is 14.8 Å². The third-order valence-corrected chi connectivity index (χ3v) is 5.65. The van der Waals surface area contributed by atoms with Crippen molar-refractivity contribution in [3.05, 3.63) is 86.3 Å². The summed E-state index contributed by atoms with van der Waals surface area (Å²) in [6.45, 7) is 4.73. The zero-order valence-electron chi connectivity index (χ0n) is 17.7. The summed E-state index contributed by atoms with van der Waals surface area (Å²) in [6, 6.07) is 18.7. The number of amides is 2. The predicted molar refractivity (Wildman–Crippen MR) is 135 cm³/mol. The van der Waals surface area contributed by atoms with E-state index in [9.17, 15) is 4.79 Å². The van der Waals surface area contributed by atoms with Gasteiger partial charge >= 0.3 is 6.03 Å². The van der Waals surface area contributed by atoms with E-state index in [2.05, 4.69) is 47.7 Å². The molecule has 0 heterocycles. The summed E-state index contributed by atoms with van der Waals surface area (Å²) in [6.07, 6.45) is 1.54. The number of nitrogens with one attached hydrogen (secondary N) is 2. The lowest BCUT2D eigenvalue weighted by molar-refractivity contribution is 0.252. The topological polar surface area (TPSA) is 72.0 Å². The molecule has 8 heteroatoms. The lowest BCUT2D eigenvalue weighted by atomic mass is 10.2. The fourth-order valence-electron chi connectivity index (χ4n) is 2.80. The Morgan fingerprint density at radius 2 is 1.75 bits per heavy atom. The van der Waals surface area contributed by atoms with E-state index in [4.69, 9.17) is 9.47 Å². The average molecular weight is 561 g/mol. The minimum absolute atomic E-state index is 0.411. The molecule has 0 saturated heterocycles. The maximum atomic E-state index is 12.1. The summed E-state index contributed by atoms with van der Waals surface area (Å²) < 4.78 is 13.5. The van der Waals surface area contributed by atoms with Gasteiger partial charge in [-0.05, 0) is 71.2 Å². The van der Waals surface area contributed by atoms with E-state index < -0.39 is 6.03 Å². The number of nitrogens with zero attached hydrogens (tertiary/aromatic N) is 1. The maximum Gasteiger partial charge on any atom is 0.339 e. The number of anilines is 1. The standard InChI is InChI=1S/C24H23Br2N3O3/c1-3-31-22-12-18(14-27-29-24(30)28-21-7-5-4-6-16(21)2)20(26)13-23(22)32-15-17-8-10-19(25)11-9-17/h4-14H,3,15H2,1-2H3,(H2,28,29,30). The van der Waals surface area contributed by atoms with Crippen LogP contribution in [0.1, 0.15) is 23.6 Å². The summed E-state index contributed by atoms with van der Waals surface area (Å²) in [5.41, 5.74) is 5.95. The Bertz CT molecular complexity index is 1100. The van der Waals surface area contributed by atoms with Crippen molar-refractivity contribution in [2.24, 2.45) is 5.10 Å². The third kappa shape index (κ3) is 6.83.